The molecule has 0 atom stereocenters. The molecule has 9 heteroatoms. The molecule has 0 spiro atoms. The van der Waals surface area contributed by atoms with E-state index in [-0.39, 0.29) is 39.3 Å². The number of aliphatic hydroxyl groups is 4. The maximum absolute atomic E-state index is 9.64. The van der Waals surface area contributed by atoms with Crippen molar-refractivity contribution in [2.75, 3.05) is 39.6 Å². The Morgan fingerprint density at radius 2 is 1.00 bits per heavy atom. The van der Waals surface area contributed by atoms with Crippen LogP contribution in [0.25, 0.3) is 0 Å². The summed E-state index contributed by atoms with van der Waals surface area (Å²) in [5.74, 6) is -2.15. The Bertz CT molecular complexity index is 199. The van der Waals surface area contributed by atoms with E-state index in [9.17, 15) is 9.59 Å². The molecule has 9 nitrogen and oxygen atoms in total. The molecule has 0 saturated heterocycles. The topological polar surface area (TPSA) is 165 Å². The van der Waals surface area contributed by atoms with Crippen molar-refractivity contribution in [3.8, 4) is 0 Å². The van der Waals surface area contributed by atoms with Crippen LogP contribution < -0.4 is 0 Å². The summed E-state index contributed by atoms with van der Waals surface area (Å²) >= 11 is 0. The van der Waals surface area contributed by atoms with Crippen LogP contribution in [-0.2, 0) is 14.3 Å². The van der Waals surface area contributed by atoms with Crippen molar-refractivity contribution in [3.63, 3.8) is 0 Å². The van der Waals surface area contributed by atoms with E-state index < -0.39 is 11.9 Å². The first-order valence-electron chi connectivity index (χ1n) is 6.40. The molecule has 0 saturated carbocycles. The van der Waals surface area contributed by atoms with Gasteiger partial charge in [-0.05, 0) is 12.8 Å². The van der Waals surface area contributed by atoms with Gasteiger partial charge in [-0.25, -0.2) is 0 Å². The van der Waals surface area contributed by atoms with E-state index in [0.29, 0.717) is 13.2 Å². The van der Waals surface area contributed by atoms with Crippen LogP contribution in [-0.4, -0.2) is 82.2 Å². The number of unbranched alkanes of at least 4 members (excludes halogenated alkanes) is 1. The number of rotatable bonds is 10. The molecule has 0 amide bonds. The molecule has 128 valence electrons. The van der Waals surface area contributed by atoms with Crippen LogP contribution in [0.3, 0.4) is 0 Å². The lowest BCUT2D eigenvalue weighted by Gasteiger charge is -1.94. The predicted octanol–water partition coefficient (Wildman–Crippen LogP) is -1.33. The number of ether oxygens (including phenoxy) is 1. The molecule has 0 bridgehead atoms. The lowest BCUT2D eigenvalue weighted by atomic mass is 10.3. The smallest absolute Gasteiger partial charge is 0.303 e. The van der Waals surface area contributed by atoms with Gasteiger partial charge in [0.05, 0.1) is 39.3 Å². The molecule has 0 radical (unpaired) electrons. The second-order valence-electron chi connectivity index (χ2n) is 3.50. The second kappa shape index (κ2) is 23.8. The van der Waals surface area contributed by atoms with E-state index in [1.54, 1.807) is 0 Å². The summed E-state index contributed by atoms with van der Waals surface area (Å²) in [5, 5.41) is 48.1. The molecule has 0 rings (SSSR count). The molecule has 0 heterocycles. The average Bonchev–Trinajstić information content (AvgIpc) is 2.45. The Balaban J connectivity index is -0.000000234. The van der Waals surface area contributed by atoms with Crippen LogP contribution in [0.2, 0.25) is 0 Å². The van der Waals surface area contributed by atoms with Gasteiger partial charge in [-0.2, -0.15) is 0 Å². The highest BCUT2D eigenvalue weighted by Gasteiger charge is 2.00. The zero-order valence-corrected chi connectivity index (χ0v) is 12.0. The fourth-order valence-electron chi connectivity index (χ4n) is 0.669. The summed E-state index contributed by atoms with van der Waals surface area (Å²) in [6.07, 6.45) is 0.845. The normalized spacial score (nSPS) is 8.95. The maximum Gasteiger partial charge on any atom is 0.303 e. The number of carbonyl (C=O) groups is 2. The van der Waals surface area contributed by atoms with Crippen LogP contribution in [0.5, 0.6) is 0 Å². The van der Waals surface area contributed by atoms with Crippen LogP contribution in [0.1, 0.15) is 25.7 Å². The van der Waals surface area contributed by atoms with E-state index in [1.165, 1.54) is 0 Å². The van der Waals surface area contributed by atoms with Crippen LogP contribution >= 0.6 is 0 Å². The molecule has 0 aliphatic rings. The van der Waals surface area contributed by atoms with Crippen molar-refractivity contribution in [2.24, 2.45) is 0 Å². The van der Waals surface area contributed by atoms with Gasteiger partial charge in [0.25, 0.3) is 0 Å². The molecule has 0 aliphatic carbocycles. The van der Waals surface area contributed by atoms with Gasteiger partial charge in [0.15, 0.2) is 0 Å². The minimum atomic E-state index is -1.08. The van der Waals surface area contributed by atoms with Gasteiger partial charge in [-0.1, -0.05) is 0 Å². The Kier molecular flexibility index (Phi) is 28.0. The summed E-state index contributed by atoms with van der Waals surface area (Å²) in [7, 11) is 0. The van der Waals surface area contributed by atoms with Gasteiger partial charge < -0.3 is 35.4 Å². The number of aliphatic carboxylic acids is 2. The van der Waals surface area contributed by atoms with E-state index in [4.69, 9.17) is 30.6 Å². The Hall–Kier alpha value is -1.26. The Labute approximate surface area is 123 Å². The minimum absolute atomic E-state index is 0.0278. The Morgan fingerprint density at radius 3 is 1.19 bits per heavy atom. The highest BCUT2D eigenvalue weighted by molar-refractivity contribution is 5.75. The number of hydrogen-bond acceptors (Lipinski definition) is 7. The van der Waals surface area contributed by atoms with Crippen LogP contribution in [0.15, 0.2) is 0 Å². The highest BCUT2D eigenvalue weighted by atomic mass is 16.5. The SMILES string of the molecule is O=C(O)CCC(=O)O.OCCCCO.OCCOCCO. The first kappa shape index (κ1) is 24.7. The van der Waals surface area contributed by atoms with Gasteiger partial charge in [0.2, 0.25) is 0 Å². The number of carboxylic acids is 2. The standard InChI is InChI=1S/C4H6O4.C4H10O3.C4H10O2/c5-3(6)1-2-4(7)8;5-1-3-7-4-2-6;5-3-1-2-4-6/h1-2H2,(H,5,6)(H,7,8);5-6H,1-4H2;5-6H,1-4H2. The molecular weight excluding hydrogens is 288 g/mol. The second-order valence-corrected chi connectivity index (χ2v) is 3.50. The zero-order chi connectivity index (χ0) is 16.9. The molecule has 0 aliphatic heterocycles. The van der Waals surface area contributed by atoms with Gasteiger partial charge in [-0.3, -0.25) is 9.59 Å². The number of hydrogen-bond donors (Lipinski definition) is 6. The predicted molar refractivity (Wildman–Crippen MR) is 72.9 cm³/mol. The van der Waals surface area contributed by atoms with Crippen molar-refractivity contribution in [1.29, 1.82) is 0 Å². The fourth-order valence-corrected chi connectivity index (χ4v) is 0.669. The van der Waals surface area contributed by atoms with Crippen molar-refractivity contribution in [2.45, 2.75) is 25.7 Å². The summed E-state index contributed by atoms with van der Waals surface area (Å²) in [6.45, 7) is 1.09. The molecule has 6 N–H and O–H groups in total. The molecule has 0 aromatic heterocycles. The van der Waals surface area contributed by atoms with Crippen molar-refractivity contribution >= 4 is 11.9 Å². The molecule has 0 unspecified atom stereocenters. The maximum atomic E-state index is 9.64. The molecule has 21 heavy (non-hydrogen) atoms. The minimum Gasteiger partial charge on any atom is -0.481 e. The number of carboxylic acid groups (broad SMARTS) is 2. The summed E-state index contributed by atoms with van der Waals surface area (Å²) in [5.41, 5.74) is 0. The van der Waals surface area contributed by atoms with Gasteiger partial charge in [-0.15, -0.1) is 0 Å². The lowest BCUT2D eigenvalue weighted by Crippen LogP contribution is -2.03. The molecule has 0 aromatic rings. The van der Waals surface area contributed by atoms with Crippen molar-refractivity contribution < 1.29 is 45.0 Å². The third-order valence-electron chi connectivity index (χ3n) is 1.59. The van der Waals surface area contributed by atoms with E-state index in [2.05, 4.69) is 4.74 Å². The zero-order valence-electron chi connectivity index (χ0n) is 12.0. The Morgan fingerprint density at radius 1 is 0.667 bits per heavy atom. The van der Waals surface area contributed by atoms with E-state index in [0.717, 1.165) is 12.8 Å². The third-order valence-corrected chi connectivity index (χ3v) is 1.59. The first-order valence-corrected chi connectivity index (χ1v) is 6.40. The van der Waals surface area contributed by atoms with Crippen molar-refractivity contribution in [1.82, 2.24) is 0 Å². The van der Waals surface area contributed by atoms with Gasteiger partial charge in [0.1, 0.15) is 0 Å². The number of aliphatic hydroxyl groups excluding tert-OH is 4. The van der Waals surface area contributed by atoms with E-state index >= 15 is 0 Å². The molecule has 0 fully saturated rings. The highest BCUT2D eigenvalue weighted by Crippen LogP contribution is 1.86. The largest absolute Gasteiger partial charge is 0.481 e. The fraction of sp³-hybridized carbons (Fsp3) is 0.833. The molecule has 0 aromatic carbocycles. The average molecular weight is 314 g/mol. The van der Waals surface area contributed by atoms with Crippen LogP contribution in [0, 0.1) is 0 Å². The van der Waals surface area contributed by atoms with Gasteiger partial charge in [0, 0.05) is 13.2 Å². The molecular formula is C12H26O9. The monoisotopic (exact) mass is 314 g/mol. The van der Waals surface area contributed by atoms with Crippen LogP contribution in [0.4, 0.5) is 0 Å². The summed E-state index contributed by atoms with van der Waals surface area (Å²) < 4.78 is 4.63. The summed E-state index contributed by atoms with van der Waals surface area (Å²) in [4.78, 5) is 19.3. The van der Waals surface area contributed by atoms with E-state index in [1.807, 2.05) is 0 Å². The van der Waals surface area contributed by atoms with Crippen molar-refractivity contribution in [3.05, 3.63) is 0 Å². The quantitative estimate of drug-likeness (QED) is 0.268. The first-order chi connectivity index (χ1) is 9.95. The summed E-state index contributed by atoms with van der Waals surface area (Å²) in [6, 6.07) is 0. The lowest BCUT2D eigenvalue weighted by molar-refractivity contribution is -0.143. The third kappa shape index (κ3) is 45.5. The van der Waals surface area contributed by atoms with Gasteiger partial charge >= 0.3 is 11.9 Å².